The fourth-order valence-corrected chi connectivity index (χ4v) is 4.23. The van der Waals surface area contributed by atoms with Crippen molar-refractivity contribution in [3.63, 3.8) is 0 Å². The maximum absolute atomic E-state index is 4.61. The molecule has 1 aromatic heterocycles. The standard InChI is InChI=1S/C18H30N6S/c1-3-16-21-18(25-22-16)24-13-11-23(12-14-24)17(19-2)20-10-9-15-7-5-4-6-8-15/h7H,3-6,8-14H2,1-2H3,(H,19,20). The highest BCUT2D eigenvalue weighted by Crippen LogP contribution is 2.20. The number of guanidine groups is 1. The number of hydrogen-bond donors (Lipinski definition) is 1. The van der Waals surface area contributed by atoms with Gasteiger partial charge in [-0.05, 0) is 32.1 Å². The van der Waals surface area contributed by atoms with Crippen molar-refractivity contribution in [2.24, 2.45) is 4.99 Å². The van der Waals surface area contributed by atoms with Gasteiger partial charge in [0.15, 0.2) is 5.96 Å². The van der Waals surface area contributed by atoms with E-state index in [0.717, 1.165) is 62.5 Å². The first kappa shape index (κ1) is 18.2. The molecule has 138 valence electrons. The number of aromatic nitrogens is 2. The number of allylic oxidation sites excluding steroid dienone is 1. The normalized spacial score (nSPS) is 19.1. The van der Waals surface area contributed by atoms with E-state index in [1.165, 1.54) is 37.2 Å². The Morgan fingerprint density at radius 3 is 2.76 bits per heavy atom. The summed E-state index contributed by atoms with van der Waals surface area (Å²) in [5.41, 5.74) is 1.61. The van der Waals surface area contributed by atoms with E-state index in [-0.39, 0.29) is 0 Å². The average molecular weight is 363 g/mol. The first-order valence-electron chi connectivity index (χ1n) is 9.51. The summed E-state index contributed by atoms with van der Waals surface area (Å²) in [7, 11) is 1.88. The van der Waals surface area contributed by atoms with Crippen LogP contribution in [0.3, 0.4) is 0 Å². The molecule has 25 heavy (non-hydrogen) atoms. The lowest BCUT2D eigenvalue weighted by atomic mass is 9.97. The van der Waals surface area contributed by atoms with Crippen LogP contribution in [0.15, 0.2) is 16.6 Å². The predicted molar refractivity (Wildman–Crippen MR) is 106 cm³/mol. The highest BCUT2D eigenvalue weighted by molar-refractivity contribution is 7.09. The van der Waals surface area contributed by atoms with Crippen LogP contribution in [0, 0.1) is 0 Å². The molecule has 0 atom stereocenters. The fraction of sp³-hybridized carbons (Fsp3) is 0.722. The van der Waals surface area contributed by atoms with Crippen LogP contribution >= 0.6 is 11.5 Å². The van der Waals surface area contributed by atoms with Crippen molar-refractivity contribution < 1.29 is 0 Å². The van der Waals surface area contributed by atoms with E-state index >= 15 is 0 Å². The molecule has 1 saturated heterocycles. The van der Waals surface area contributed by atoms with E-state index in [1.54, 1.807) is 5.57 Å². The molecule has 0 saturated carbocycles. The quantitative estimate of drug-likeness (QED) is 0.496. The molecule has 0 aromatic carbocycles. The van der Waals surface area contributed by atoms with Crippen molar-refractivity contribution in [3.05, 3.63) is 17.5 Å². The van der Waals surface area contributed by atoms with Crippen LogP contribution in [0.2, 0.25) is 0 Å². The molecule has 0 amide bonds. The summed E-state index contributed by atoms with van der Waals surface area (Å²) in [5, 5.41) is 4.60. The third-order valence-corrected chi connectivity index (χ3v) is 5.76. The maximum Gasteiger partial charge on any atom is 0.205 e. The fourth-order valence-electron chi connectivity index (χ4n) is 3.43. The molecule has 2 aliphatic rings. The summed E-state index contributed by atoms with van der Waals surface area (Å²) in [5.74, 6) is 1.99. The number of hydrogen-bond acceptors (Lipinski definition) is 5. The van der Waals surface area contributed by atoms with Crippen molar-refractivity contribution in [2.75, 3.05) is 44.7 Å². The zero-order valence-electron chi connectivity index (χ0n) is 15.5. The minimum Gasteiger partial charge on any atom is -0.356 e. The maximum atomic E-state index is 4.61. The van der Waals surface area contributed by atoms with Gasteiger partial charge in [0.05, 0.1) is 0 Å². The first-order chi connectivity index (χ1) is 12.3. The van der Waals surface area contributed by atoms with Gasteiger partial charge in [-0.25, -0.2) is 4.98 Å². The second kappa shape index (κ2) is 9.17. The summed E-state index contributed by atoms with van der Waals surface area (Å²) in [6.45, 7) is 6.99. The summed E-state index contributed by atoms with van der Waals surface area (Å²) in [6, 6.07) is 0. The molecule has 0 radical (unpaired) electrons. The number of aryl methyl sites for hydroxylation is 1. The zero-order chi connectivity index (χ0) is 17.5. The van der Waals surface area contributed by atoms with Crippen LogP contribution in [0.1, 0.15) is 44.9 Å². The van der Waals surface area contributed by atoms with Gasteiger partial charge in [-0.15, -0.1) is 0 Å². The molecule has 7 heteroatoms. The molecule has 0 unspecified atom stereocenters. The van der Waals surface area contributed by atoms with Gasteiger partial charge in [-0.2, -0.15) is 4.37 Å². The Labute approximate surface area is 155 Å². The van der Waals surface area contributed by atoms with Gasteiger partial charge in [0.1, 0.15) is 5.82 Å². The van der Waals surface area contributed by atoms with E-state index in [9.17, 15) is 0 Å². The Hall–Kier alpha value is -1.63. The van der Waals surface area contributed by atoms with Crippen molar-refractivity contribution in [1.29, 1.82) is 0 Å². The highest BCUT2D eigenvalue weighted by atomic mass is 32.1. The van der Waals surface area contributed by atoms with Crippen LogP contribution in [0.4, 0.5) is 5.13 Å². The van der Waals surface area contributed by atoms with Crippen LogP contribution < -0.4 is 10.2 Å². The molecular weight excluding hydrogens is 332 g/mol. The molecule has 3 rings (SSSR count). The molecule has 1 aliphatic carbocycles. The van der Waals surface area contributed by atoms with Gasteiger partial charge in [0, 0.05) is 57.7 Å². The SMILES string of the molecule is CCc1nsc(N2CCN(C(=NC)NCCC3=CCCCC3)CC2)n1. The van der Waals surface area contributed by atoms with Crippen molar-refractivity contribution >= 4 is 22.6 Å². The number of rotatable bonds is 5. The lowest BCUT2D eigenvalue weighted by molar-refractivity contribution is 0.372. The van der Waals surface area contributed by atoms with E-state index < -0.39 is 0 Å². The summed E-state index contributed by atoms with van der Waals surface area (Å²) in [6.07, 6.45) is 9.73. The summed E-state index contributed by atoms with van der Waals surface area (Å²) in [4.78, 5) is 13.8. The summed E-state index contributed by atoms with van der Waals surface area (Å²) < 4.78 is 4.40. The van der Waals surface area contributed by atoms with Crippen LogP contribution in [0.5, 0.6) is 0 Å². The third kappa shape index (κ3) is 4.93. The van der Waals surface area contributed by atoms with Crippen LogP contribution in [-0.2, 0) is 6.42 Å². The smallest absolute Gasteiger partial charge is 0.205 e. The zero-order valence-corrected chi connectivity index (χ0v) is 16.3. The molecule has 2 heterocycles. The number of aliphatic imine (C=N–C) groups is 1. The molecule has 1 aromatic rings. The van der Waals surface area contributed by atoms with E-state index in [2.05, 4.69) is 42.5 Å². The predicted octanol–water partition coefficient (Wildman–Crippen LogP) is 2.69. The topological polar surface area (TPSA) is 56.7 Å². The van der Waals surface area contributed by atoms with Gasteiger partial charge < -0.3 is 15.1 Å². The van der Waals surface area contributed by atoms with Gasteiger partial charge in [-0.1, -0.05) is 18.6 Å². The number of anilines is 1. The van der Waals surface area contributed by atoms with Gasteiger partial charge in [0.25, 0.3) is 0 Å². The van der Waals surface area contributed by atoms with E-state index in [4.69, 9.17) is 0 Å². The lowest BCUT2D eigenvalue weighted by Crippen LogP contribution is -2.52. The second-order valence-electron chi connectivity index (χ2n) is 6.65. The van der Waals surface area contributed by atoms with Crippen molar-refractivity contribution in [2.45, 2.75) is 45.4 Å². The van der Waals surface area contributed by atoms with Gasteiger partial charge in [0.2, 0.25) is 5.13 Å². The Kier molecular flexibility index (Phi) is 6.67. The van der Waals surface area contributed by atoms with E-state index in [0.29, 0.717) is 0 Å². The number of nitrogens with zero attached hydrogens (tertiary/aromatic N) is 5. The Morgan fingerprint density at radius 1 is 1.28 bits per heavy atom. The molecule has 1 N–H and O–H groups in total. The molecule has 0 bridgehead atoms. The first-order valence-corrected chi connectivity index (χ1v) is 10.3. The molecule has 1 aliphatic heterocycles. The highest BCUT2D eigenvalue weighted by Gasteiger charge is 2.21. The number of piperazine rings is 1. The number of nitrogens with one attached hydrogen (secondary N) is 1. The van der Waals surface area contributed by atoms with Crippen LogP contribution in [-0.4, -0.2) is 60.0 Å². The Morgan fingerprint density at radius 2 is 2.12 bits per heavy atom. The monoisotopic (exact) mass is 362 g/mol. The van der Waals surface area contributed by atoms with Crippen LogP contribution in [0.25, 0.3) is 0 Å². The molecule has 0 spiro atoms. The van der Waals surface area contributed by atoms with E-state index in [1.807, 2.05) is 7.05 Å². The molecular formula is C18H30N6S. The summed E-state index contributed by atoms with van der Waals surface area (Å²) >= 11 is 1.52. The largest absolute Gasteiger partial charge is 0.356 e. The Balaban J connectivity index is 1.44. The Bertz CT molecular complexity index is 600. The van der Waals surface area contributed by atoms with Gasteiger partial charge >= 0.3 is 0 Å². The molecule has 1 fully saturated rings. The van der Waals surface area contributed by atoms with Crippen molar-refractivity contribution in [3.8, 4) is 0 Å². The third-order valence-electron chi connectivity index (χ3n) is 4.95. The minimum absolute atomic E-state index is 0.906. The average Bonchev–Trinajstić information content (AvgIpc) is 3.16. The minimum atomic E-state index is 0.906. The second-order valence-corrected chi connectivity index (χ2v) is 7.38. The van der Waals surface area contributed by atoms with Gasteiger partial charge in [-0.3, -0.25) is 4.99 Å². The van der Waals surface area contributed by atoms with Crippen molar-refractivity contribution in [1.82, 2.24) is 19.6 Å². The lowest BCUT2D eigenvalue weighted by Gasteiger charge is -2.36. The molecule has 6 nitrogen and oxygen atoms in total.